The number of nitrogens with one attached hydrogen (secondary N) is 1. The molecule has 2 aromatic heterocycles. The molecule has 3 aromatic rings. The van der Waals surface area contributed by atoms with E-state index in [1.54, 1.807) is 23.5 Å². The third-order valence-corrected chi connectivity index (χ3v) is 5.28. The van der Waals surface area contributed by atoms with Gasteiger partial charge in [-0.3, -0.25) is 0 Å². The van der Waals surface area contributed by atoms with Crippen molar-refractivity contribution in [2.75, 3.05) is 11.6 Å². The number of halogens is 1. The molecule has 0 aliphatic heterocycles. The Kier molecular flexibility index (Phi) is 4.59. The summed E-state index contributed by atoms with van der Waals surface area (Å²) in [6.07, 6.45) is 1.14. The summed E-state index contributed by atoms with van der Waals surface area (Å²) in [5.74, 6) is -0.466. The molecule has 0 amide bonds. The molecule has 124 valence electrons. The van der Waals surface area contributed by atoms with Gasteiger partial charge in [0.2, 0.25) is 11.9 Å². The molecule has 0 fully saturated rings. The summed E-state index contributed by atoms with van der Waals surface area (Å²) >= 11 is 1.58. The van der Waals surface area contributed by atoms with Gasteiger partial charge in [0.15, 0.2) is 9.84 Å². The normalized spacial score (nSPS) is 11.4. The van der Waals surface area contributed by atoms with Gasteiger partial charge in [0, 0.05) is 22.8 Å². The number of anilines is 1. The lowest BCUT2D eigenvalue weighted by atomic mass is 10.1. The van der Waals surface area contributed by atoms with Crippen LogP contribution in [0.25, 0.3) is 11.3 Å². The topological polar surface area (TPSA) is 72.0 Å². The Hall–Kier alpha value is -2.32. The van der Waals surface area contributed by atoms with Crippen molar-refractivity contribution in [3.63, 3.8) is 0 Å². The number of hydrogen-bond acceptors (Lipinski definition) is 6. The Morgan fingerprint density at radius 3 is 2.54 bits per heavy atom. The second-order valence-electron chi connectivity index (χ2n) is 5.13. The fraction of sp³-hybridized carbons (Fsp3) is 0.125. The van der Waals surface area contributed by atoms with Crippen LogP contribution in [0.3, 0.4) is 0 Å². The lowest BCUT2D eigenvalue weighted by Gasteiger charge is -2.07. The number of nitrogens with zero attached hydrogens (tertiary/aromatic N) is 2. The largest absolute Gasteiger partial charge is 0.349 e. The van der Waals surface area contributed by atoms with Crippen molar-refractivity contribution >= 4 is 27.1 Å². The van der Waals surface area contributed by atoms with Crippen LogP contribution in [0.2, 0.25) is 0 Å². The summed E-state index contributed by atoms with van der Waals surface area (Å²) in [6.45, 7) is 0.508. The molecule has 5 nitrogen and oxygen atoms in total. The number of hydrogen-bond donors (Lipinski definition) is 1. The Bertz CT molecular complexity index is 940. The van der Waals surface area contributed by atoms with Gasteiger partial charge in [0.1, 0.15) is 0 Å². The number of benzene rings is 1. The van der Waals surface area contributed by atoms with Crippen LogP contribution in [0.15, 0.2) is 52.7 Å². The minimum Gasteiger partial charge on any atom is -0.349 e. The van der Waals surface area contributed by atoms with E-state index in [4.69, 9.17) is 0 Å². The lowest BCUT2D eigenvalue weighted by Crippen LogP contribution is -2.04. The second-order valence-corrected chi connectivity index (χ2v) is 8.18. The van der Waals surface area contributed by atoms with Gasteiger partial charge in [0.25, 0.3) is 0 Å². The molecule has 0 spiro atoms. The van der Waals surface area contributed by atoms with Crippen molar-refractivity contribution in [1.82, 2.24) is 9.97 Å². The third kappa shape index (κ3) is 3.95. The molecule has 0 radical (unpaired) electrons. The fourth-order valence-corrected chi connectivity index (χ4v) is 3.37. The van der Waals surface area contributed by atoms with E-state index >= 15 is 0 Å². The number of thiophene rings is 1. The van der Waals surface area contributed by atoms with Crippen LogP contribution in [-0.4, -0.2) is 24.6 Å². The number of rotatable bonds is 5. The standard InChI is InChI=1S/C16H14FN3O2S2/c1-24(21,22)13-6-4-11(5-7-13)14-9-15(17)20-16(19-14)18-10-12-3-2-8-23-12/h2-9H,10H2,1H3,(H,18,19,20). The first-order valence-electron chi connectivity index (χ1n) is 7.03. The molecule has 0 bridgehead atoms. The van der Waals surface area contributed by atoms with Gasteiger partial charge in [-0.1, -0.05) is 18.2 Å². The SMILES string of the molecule is CS(=O)(=O)c1ccc(-c2cc(F)nc(NCc3cccs3)n2)cc1. The zero-order valence-electron chi connectivity index (χ0n) is 12.7. The van der Waals surface area contributed by atoms with E-state index in [1.807, 2.05) is 17.5 Å². The van der Waals surface area contributed by atoms with E-state index < -0.39 is 15.8 Å². The van der Waals surface area contributed by atoms with E-state index in [0.29, 0.717) is 17.8 Å². The van der Waals surface area contributed by atoms with Gasteiger partial charge in [-0.15, -0.1) is 11.3 Å². The van der Waals surface area contributed by atoms with Gasteiger partial charge in [0.05, 0.1) is 17.1 Å². The van der Waals surface area contributed by atoms with Crippen LogP contribution in [0.1, 0.15) is 4.88 Å². The first kappa shape index (κ1) is 16.5. The maximum atomic E-state index is 13.8. The summed E-state index contributed by atoms with van der Waals surface area (Å²) in [7, 11) is -3.27. The smallest absolute Gasteiger partial charge is 0.226 e. The molecule has 0 saturated carbocycles. The zero-order valence-corrected chi connectivity index (χ0v) is 14.4. The molecule has 0 atom stereocenters. The van der Waals surface area contributed by atoms with Gasteiger partial charge < -0.3 is 5.32 Å². The molecule has 0 aliphatic rings. The Morgan fingerprint density at radius 1 is 1.17 bits per heavy atom. The fourth-order valence-electron chi connectivity index (χ4n) is 2.10. The van der Waals surface area contributed by atoms with Crippen molar-refractivity contribution in [2.24, 2.45) is 0 Å². The van der Waals surface area contributed by atoms with E-state index in [1.165, 1.54) is 18.2 Å². The Labute approximate surface area is 143 Å². The van der Waals surface area contributed by atoms with Crippen molar-refractivity contribution in [1.29, 1.82) is 0 Å². The van der Waals surface area contributed by atoms with Crippen LogP contribution in [0.5, 0.6) is 0 Å². The van der Waals surface area contributed by atoms with E-state index in [0.717, 1.165) is 11.1 Å². The molecule has 0 unspecified atom stereocenters. The predicted octanol–water partition coefficient (Wildman–Crippen LogP) is 3.36. The quantitative estimate of drug-likeness (QED) is 0.704. The summed E-state index contributed by atoms with van der Waals surface area (Å²) in [6, 6.07) is 11.3. The van der Waals surface area contributed by atoms with Crippen molar-refractivity contribution < 1.29 is 12.8 Å². The molecule has 2 heterocycles. The highest BCUT2D eigenvalue weighted by Crippen LogP contribution is 2.21. The summed E-state index contributed by atoms with van der Waals surface area (Å²) in [5, 5.41) is 4.94. The van der Waals surface area contributed by atoms with Crippen LogP contribution in [0.4, 0.5) is 10.3 Å². The average molecular weight is 363 g/mol. The van der Waals surface area contributed by atoms with Gasteiger partial charge >= 0.3 is 0 Å². The maximum absolute atomic E-state index is 13.8. The molecule has 8 heteroatoms. The summed E-state index contributed by atoms with van der Waals surface area (Å²) in [5.41, 5.74) is 0.999. The monoisotopic (exact) mass is 363 g/mol. The van der Waals surface area contributed by atoms with Crippen LogP contribution in [0, 0.1) is 5.95 Å². The molecule has 0 aliphatic carbocycles. The molecule has 24 heavy (non-hydrogen) atoms. The number of aromatic nitrogens is 2. The average Bonchev–Trinajstić information content (AvgIpc) is 3.05. The summed E-state index contributed by atoms with van der Waals surface area (Å²) < 4.78 is 36.7. The van der Waals surface area contributed by atoms with Crippen LogP contribution >= 0.6 is 11.3 Å². The summed E-state index contributed by atoms with van der Waals surface area (Å²) in [4.78, 5) is 9.31. The Balaban J connectivity index is 1.85. The molecule has 1 N–H and O–H groups in total. The molecule has 0 saturated heterocycles. The Morgan fingerprint density at radius 2 is 1.92 bits per heavy atom. The van der Waals surface area contributed by atoms with Crippen LogP contribution < -0.4 is 5.32 Å². The van der Waals surface area contributed by atoms with E-state index in [2.05, 4.69) is 15.3 Å². The number of sulfone groups is 1. The van der Waals surface area contributed by atoms with Gasteiger partial charge in [-0.25, -0.2) is 13.4 Å². The lowest BCUT2D eigenvalue weighted by molar-refractivity contribution is 0.582. The van der Waals surface area contributed by atoms with Gasteiger partial charge in [-0.2, -0.15) is 9.37 Å². The molecule has 1 aromatic carbocycles. The minimum atomic E-state index is -3.27. The highest BCUT2D eigenvalue weighted by molar-refractivity contribution is 7.90. The molecular weight excluding hydrogens is 349 g/mol. The predicted molar refractivity (Wildman–Crippen MR) is 92.2 cm³/mol. The second kappa shape index (κ2) is 6.66. The molecular formula is C16H14FN3O2S2. The molecule has 3 rings (SSSR count). The van der Waals surface area contributed by atoms with Gasteiger partial charge in [-0.05, 0) is 23.6 Å². The van der Waals surface area contributed by atoms with E-state index in [9.17, 15) is 12.8 Å². The zero-order chi connectivity index (χ0) is 17.2. The first-order valence-corrected chi connectivity index (χ1v) is 9.80. The first-order chi connectivity index (χ1) is 11.4. The van der Waals surface area contributed by atoms with E-state index in [-0.39, 0.29) is 10.8 Å². The highest BCUT2D eigenvalue weighted by atomic mass is 32.2. The minimum absolute atomic E-state index is 0.186. The van der Waals surface area contributed by atoms with Crippen molar-refractivity contribution in [3.8, 4) is 11.3 Å². The highest BCUT2D eigenvalue weighted by Gasteiger charge is 2.10. The third-order valence-electron chi connectivity index (χ3n) is 3.27. The maximum Gasteiger partial charge on any atom is 0.226 e. The van der Waals surface area contributed by atoms with Crippen molar-refractivity contribution in [2.45, 2.75) is 11.4 Å². The van der Waals surface area contributed by atoms with Crippen molar-refractivity contribution in [3.05, 3.63) is 58.7 Å². The van der Waals surface area contributed by atoms with Crippen LogP contribution in [-0.2, 0) is 16.4 Å².